The highest BCUT2D eigenvalue weighted by molar-refractivity contribution is 7.95. The lowest BCUT2D eigenvalue weighted by Gasteiger charge is -2.27. The van der Waals surface area contributed by atoms with E-state index >= 15 is 0 Å². The van der Waals surface area contributed by atoms with Crippen LogP contribution in [0.1, 0.15) is 21.5 Å². The molecule has 0 radical (unpaired) electrons. The van der Waals surface area contributed by atoms with Gasteiger partial charge in [0.25, 0.3) is 5.91 Å². The molecular weight excluding hydrogens is 625 g/mol. The van der Waals surface area contributed by atoms with Gasteiger partial charge in [-0.2, -0.15) is 0 Å². The summed E-state index contributed by atoms with van der Waals surface area (Å²) in [5, 5.41) is 18.4. The number of aliphatic carboxylic acids is 1. The highest BCUT2D eigenvalue weighted by Crippen LogP contribution is 2.54. The van der Waals surface area contributed by atoms with Crippen molar-refractivity contribution in [1.82, 2.24) is 5.32 Å². The van der Waals surface area contributed by atoms with Crippen LogP contribution in [0.3, 0.4) is 0 Å². The van der Waals surface area contributed by atoms with E-state index in [0.717, 1.165) is 45.1 Å². The third kappa shape index (κ3) is 6.61. The Balaban J connectivity index is 1.07. The quantitative estimate of drug-likeness (QED) is 0.150. The van der Waals surface area contributed by atoms with Gasteiger partial charge in [0.1, 0.15) is 29.7 Å². The summed E-state index contributed by atoms with van der Waals surface area (Å²) in [4.78, 5) is 31.4. The molecule has 1 aliphatic rings. The molecule has 7 rings (SSSR count). The molecular formula is C42H37N3O3P+. The second-order valence-electron chi connectivity index (χ2n) is 12.4. The minimum atomic E-state index is -2.05. The Morgan fingerprint density at radius 2 is 1.33 bits per heavy atom. The van der Waals surface area contributed by atoms with E-state index in [1.807, 2.05) is 36.4 Å². The molecule has 6 aromatic carbocycles. The number of rotatable bonds is 11. The van der Waals surface area contributed by atoms with Crippen LogP contribution in [0.2, 0.25) is 0 Å². The number of amides is 1. The summed E-state index contributed by atoms with van der Waals surface area (Å²) in [5.74, 6) is -0.951. The number of carboxylic acid groups (broad SMARTS) is 1. The second kappa shape index (κ2) is 13.9. The monoisotopic (exact) mass is 662 g/mol. The van der Waals surface area contributed by atoms with Crippen molar-refractivity contribution in [2.45, 2.75) is 6.42 Å². The fourth-order valence-electron chi connectivity index (χ4n) is 6.77. The molecule has 2 N–H and O–H groups in total. The highest BCUT2D eigenvalue weighted by Gasteiger charge is 2.44. The number of nitrogens with zero attached hydrogens (tertiary/aromatic N) is 2. The Hall–Kier alpha value is -5.58. The van der Waals surface area contributed by atoms with Crippen molar-refractivity contribution < 1.29 is 14.7 Å². The number of fused-ring (bicyclic) bond motifs is 2. The molecule has 1 amide bonds. The summed E-state index contributed by atoms with van der Waals surface area (Å²) in [7, 11) is -0.271. The molecule has 0 aliphatic carbocycles. The van der Waals surface area contributed by atoms with Crippen molar-refractivity contribution in [1.29, 1.82) is 0 Å². The lowest BCUT2D eigenvalue weighted by Crippen LogP contribution is -2.37. The van der Waals surface area contributed by atoms with E-state index in [-0.39, 0.29) is 12.5 Å². The standard InChI is InChI=1S/C42H36N3O3P/c1-45(29-41(46)47)35-21-19-30-25-32(18-17-31(30)27-35)40-28-34-26-33(20-22-39(34)44-40)42(48)43-23-24-49(36-11-5-2-6-12-36,37-13-7-3-8-14-37)38-15-9-4-10-16-38/h2-22,25-27H,23-24,28-29H2,1H3,(H-,43,46,47,48)/p+1. The first-order valence-corrected chi connectivity index (χ1v) is 18.4. The van der Waals surface area contributed by atoms with Gasteiger partial charge in [0.2, 0.25) is 0 Å². The summed E-state index contributed by atoms with van der Waals surface area (Å²) < 4.78 is 0. The first-order chi connectivity index (χ1) is 23.9. The van der Waals surface area contributed by atoms with Gasteiger partial charge in [-0.3, -0.25) is 14.6 Å². The number of nitrogens with one attached hydrogen (secondary N) is 1. The molecule has 7 heteroatoms. The lowest BCUT2D eigenvalue weighted by molar-refractivity contribution is -0.135. The molecule has 0 atom stereocenters. The lowest BCUT2D eigenvalue weighted by atomic mass is 9.99. The van der Waals surface area contributed by atoms with Gasteiger partial charge in [0.15, 0.2) is 0 Å². The van der Waals surface area contributed by atoms with E-state index in [1.54, 1.807) is 11.9 Å². The summed E-state index contributed by atoms with van der Waals surface area (Å²) >= 11 is 0. The fraction of sp³-hybridized carbons (Fsp3) is 0.119. The van der Waals surface area contributed by atoms with Crippen molar-refractivity contribution in [2.75, 3.05) is 31.2 Å². The summed E-state index contributed by atoms with van der Waals surface area (Å²) in [6.07, 6.45) is 1.44. The third-order valence-electron chi connectivity index (χ3n) is 9.25. The maximum absolute atomic E-state index is 13.6. The van der Waals surface area contributed by atoms with Crippen molar-refractivity contribution >= 4 is 62.9 Å². The second-order valence-corrected chi connectivity index (χ2v) is 16.0. The van der Waals surface area contributed by atoms with E-state index in [9.17, 15) is 9.59 Å². The van der Waals surface area contributed by atoms with Gasteiger partial charge in [0.05, 0.1) is 24.1 Å². The minimum Gasteiger partial charge on any atom is -0.480 e. The molecule has 0 saturated heterocycles. The Bertz CT molecular complexity index is 2070. The van der Waals surface area contributed by atoms with E-state index in [2.05, 4.69) is 115 Å². The molecule has 0 aromatic heterocycles. The molecule has 0 fully saturated rings. The largest absolute Gasteiger partial charge is 0.480 e. The van der Waals surface area contributed by atoms with Gasteiger partial charge in [0, 0.05) is 24.7 Å². The van der Waals surface area contributed by atoms with Crippen molar-refractivity contribution in [2.24, 2.45) is 4.99 Å². The average molecular weight is 663 g/mol. The Morgan fingerprint density at radius 3 is 1.94 bits per heavy atom. The van der Waals surface area contributed by atoms with Crippen molar-refractivity contribution in [3.63, 3.8) is 0 Å². The smallest absolute Gasteiger partial charge is 0.323 e. The summed E-state index contributed by atoms with van der Waals surface area (Å²) in [5.41, 5.74) is 5.41. The number of benzene rings is 6. The predicted molar refractivity (Wildman–Crippen MR) is 204 cm³/mol. The van der Waals surface area contributed by atoms with Crippen LogP contribution in [0.15, 0.2) is 151 Å². The van der Waals surface area contributed by atoms with Crippen molar-refractivity contribution in [3.8, 4) is 0 Å². The summed E-state index contributed by atoms with van der Waals surface area (Å²) in [6, 6.07) is 50.1. The number of hydrogen-bond donors (Lipinski definition) is 2. The molecule has 1 aliphatic heterocycles. The van der Waals surface area contributed by atoms with Crippen LogP contribution >= 0.6 is 7.26 Å². The van der Waals surface area contributed by atoms with E-state index in [1.165, 1.54) is 15.9 Å². The van der Waals surface area contributed by atoms with Crippen molar-refractivity contribution in [3.05, 3.63) is 162 Å². The molecule has 242 valence electrons. The maximum atomic E-state index is 13.6. The van der Waals surface area contributed by atoms with Gasteiger partial charge < -0.3 is 15.3 Å². The Labute approximate surface area is 287 Å². The zero-order chi connectivity index (χ0) is 33.8. The molecule has 0 bridgehead atoms. The zero-order valence-electron chi connectivity index (χ0n) is 27.3. The molecule has 1 heterocycles. The van der Waals surface area contributed by atoms with E-state index < -0.39 is 13.2 Å². The molecule has 0 spiro atoms. The SMILES string of the molecule is CN(CC(=O)O)c1ccc2cc(C3=Nc4ccc(C(=O)NCC[P+](c5ccccc5)(c5ccccc5)c5ccccc5)cc4C3)ccc2c1. The molecule has 6 aromatic rings. The van der Waals surface area contributed by atoms with E-state index in [0.29, 0.717) is 18.5 Å². The number of carbonyl (C=O) groups is 2. The van der Waals surface area contributed by atoms with Crippen LogP contribution in [0.5, 0.6) is 0 Å². The minimum absolute atomic E-state index is 0.0596. The average Bonchev–Trinajstić information content (AvgIpc) is 3.57. The number of carboxylic acids is 1. The Morgan fingerprint density at radius 1 is 0.735 bits per heavy atom. The van der Waals surface area contributed by atoms with Crippen LogP contribution < -0.4 is 26.1 Å². The maximum Gasteiger partial charge on any atom is 0.323 e. The van der Waals surface area contributed by atoms with Gasteiger partial charge in [-0.15, -0.1) is 0 Å². The molecule has 0 saturated carbocycles. The van der Waals surface area contributed by atoms with E-state index in [4.69, 9.17) is 10.1 Å². The molecule has 0 unspecified atom stereocenters. The topological polar surface area (TPSA) is 82.0 Å². The van der Waals surface area contributed by atoms with Crippen LogP contribution in [-0.2, 0) is 11.2 Å². The number of aliphatic imine (C=N–C) groups is 1. The number of anilines is 1. The van der Waals surface area contributed by atoms with Crippen LogP contribution in [0, 0.1) is 0 Å². The highest BCUT2D eigenvalue weighted by atomic mass is 31.2. The predicted octanol–water partition coefficient (Wildman–Crippen LogP) is 6.76. The summed E-state index contributed by atoms with van der Waals surface area (Å²) in [6.45, 7) is 0.477. The molecule has 6 nitrogen and oxygen atoms in total. The van der Waals surface area contributed by atoms with Crippen LogP contribution in [-0.4, -0.2) is 49.0 Å². The van der Waals surface area contributed by atoms with Gasteiger partial charge in [-0.1, -0.05) is 72.8 Å². The van der Waals surface area contributed by atoms with Gasteiger partial charge in [-0.25, -0.2) is 0 Å². The third-order valence-corrected chi connectivity index (χ3v) is 13.7. The molecule has 49 heavy (non-hydrogen) atoms. The number of hydrogen-bond acceptors (Lipinski definition) is 4. The number of likely N-dealkylation sites (N-methyl/N-ethyl adjacent to an activating group) is 1. The number of carbonyl (C=O) groups excluding carboxylic acids is 1. The van der Waals surface area contributed by atoms with Crippen LogP contribution in [0.25, 0.3) is 10.8 Å². The fourth-order valence-corrected chi connectivity index (χ4v) is 10.9. The van der Waals surface area contributed by atoms with Gasteiger partial charge >= 0.3 is 5.97 Å². The first-order valence-electron chi connectivity index (χ1n) is 16.4. The van der Waals surface area contributed by atoms with Gasteiger partial charge in [-0.05, 0) is 94.7 Å². The zero-order valence-corrected chi connectivity index (χ0v) is 28.2. The first kappa shape index (κ1) is 32.0. The Kier molecular flexibility index (Phi) is 9.06. The van der Waals surface area contributed by atoms with Crippen LogP contribution in [0.4, 0.5) is 11.4 Å². The normalized spacial score (nSPS) is 12.3.